The van der Waals surface area contributed by atoms with Crippen molar-refractivity contribution in [3.05, 3.63) is 84.1 Å². The monoisotopic (exact) mass is 597 g/mol. The van der Waals surface area contributed by atoms with E-state index in [0.29, 0.717) is 44.5 Å². The number of ether oxygens (including phenoxy) is 1. The van der Waals surface area contributed by atoms with Crippen LogP contribution in [0.2, 0.25) is 18.1 Å². The minimum atomic E-state index is -1.90. The van der Waals surface area contributed by atoms with Gasteiger partial charge in [-0.2, -0.15) is 5.10 Å². The Morgan fingerprint density at radius 1 is 0.953 bits per heavy atom. The quantitative estimate of drug-likeness (QED) is 0.180. The maximum atomic E-state index is 14.0. The third-order valence-corrected chi connectivity index (χ3v) is 13.1. The first-order chi connectivity index (χ1) is 20.4. The lowest BCUT2D eigenvalue weighted by atomic mass is 9.98. The molecule has 226 valence electrons. The number of amides is 1. The summed E-state index contributed by atoms with van der Waals surface area (Å²) in [5, 5.41) is 5.05. The molecule has 4 heterocycles. The van der Waals surface area contributed by atoms with Gasteiger partial charge >= 0.3 is 0 Å². The number of carbonyl (C=O) groups excluding carboxylic acids is 1. The Morgan fingerprint density at radius 3 is 2.30 bits per heavy atom. The number of aromatic nitrogens is 4. The van der Waals surface area contributed by atoms with Crippen LogP contribution in [0.4, 0.5) is 0 Å². The van der Waals surface area contributed by atoms with Crippen molar-refractivity contribution in [1.29, 1.82) is 0 Å². The molecule has 1 aliphatic rings. The summed E-state index contributed by atoms with van der Waals surface area (Å²) < 4.78 is 14.3. The molecule has 0 saturated heterocycles. The second-order valence-corrected chi connectivity index (χ2v) is 17.8. The van der Waals surface area contributed by atoms with Crippen molar-refractivity contribution in [3.63, 3.8) is 0 Å². The fourth-order valence-electron chi connectivity index (χ4n) is 4.88. The van der Waals surface area contributed by atoms with Crippen molar-refractivity contribution in [2.45, 2.75) is 71.8 Å². The smallest absolute Gasteiger partial charge is 0.272 e. The molecular formula is C34H43N5O3Si. The van der Waals surface area contributed by atoms with Crippen molar-refractivity contribution >= 4 is 14.2 Å². The zero-order valence-corrected chi connectivity index (χ0v) is 27.4. The fourth-order valence-corrected chi connectivity index (χ4v) is 5.92. The molecule has 0 saturated carbocycles. The second kappa shape index (κ2) is 12.4. The normalized spacial score (nSPS) is 13.9. The lowest BCUT2D eigenvalue weighted by Gasteiger charge is -2.37. The van der Waals surface area contributed by atoms with Gasteiger partial charge in [0.25, 0.3) is 5.91 Å². The molecule has 5 rings (SSSR count). The lowest BCUT2D eigenvalue weighted by molar-refractivity contribution is 0.0666. The molecule has 1 aliphatic heterocycles. The molecule has 8 nitrogen and oxygen atoms in total. The van der Waals surface area contributed by atoms with Crippen LogP contribution >= 0.6 is 0 Å². The first kappa shape index (κ1) is 30.6. The highest BCUT2D eigenvalue weighted by molar-refractivity contribution is 6.74. The molecule has 0 aliphatic carbocycles. The first-order valence-electron chi connectivity index (χ1n) is 15.1. The molecule has 1 aromatic carbocycles. The summed E-state index contributed by atoms with van der Waals surface area (Å²) in [4.78, 5) is 24.6. The summed E-state index contributed by atoms with van der Waals surface area (Å²) in [5.74, 6) is 1.12. The maximum Gasteiger partial charge on any atom is 0.272 e. The van der Waals surface area contributed by atoms with Gasteiger partial charge < -0.3 is 14.1 Å². The maximum absolute atomic E-state index is 14.0. The van der Waals surface area contributed by atoms with Gasteiger partial charge in [-0.15, -0.1) is 0 Å². The highest BCUT2D eigenvalue weighted by Gasteiger charge is 2.38. The molecule has 3 aromatic heterocycles. The van der Waals surface area contributed by atoms with Crippen LogP contribution in [0.5, 0.6) is 5.75 Å². The van der Waals surface area contributed by atoms with E-state index in [-0.39, 0.29) is 10.9 Å². The number of nitrogens with zero attached hydrogens (tertiary/aromatic N) is 5. The summed E-state index contributed by atoms with van der Waals surface area (Å²) >= 11 is 0. The van der Waals surface area contributed by atoms with Gasteiger partial charge in [-0.3, -0.25) is 19.4 Å². The van der Waals surface area contributed by atoms with E-state index >= 15 is 0 Å². The van der Waals surface area contributed by atoms with Crippen molar-refractivity contribution in [2.75, 3.05) is 19.7 Å². The molecular weight excluding hydrogens is 554 g/mol. The molecule has 0 radical (unpaired) electrons. The zero-order chi connectivity index (χ0) is 30.8. The van der Waals surface area contributed by atoms with Crippen molar-refractivity contribution in [1.82, 2.24) is 24.6 Å². The average Bonchev–Trinajstić information content (AvgIpc) is 3.38. The molecule has 9 heteroatoms. The molecule has 4 aromatic rings. The van der Waals surface area contributed by atoms with Gasteiger partial charge in [0.05, 0.1) is 13.2 Å². The van der Waals surface area contributed by atoms with Gasteiger partial charge in [-0.05, 0) is 59.9 Å². The van der Waals surface area contributed by atoms with Gasteiger partial charge in [0.15, 0.2) is 8.32 Å². The molecule has 0 N–H and O–H groups in total. The van der Waals surface area contributed by atoms with Crippen LogP contribution < -0.4 is 4.74 Å². The van der Waals surface area contributed by atoms with Gasteiger partial charge in [-0.1, -0.05) is 52.8 Å². The standard InChI is InChI=1S/C34H43N5O3Si/c1-24(2)29-13-8-25(22-36-29)23-41-28-11-9-26(10-12-28)30-31(27-14-16-35-17-15-27)37-39-19-18-38(33(40)32(30)39)20-21-42-43(6,7)34(3,4)5/h8-17,22,24H,18-21,23H2,1-7H3. The topological polar surface area (TPSA) is 82.4 Å². The number of rotatable bonds is 10. The van der Waals surface area contributed by atoms with E-state index in [9.17, 15) is 4.79 Å². The second-order valence-electron chi connectivity index (χ2n) is 13.0. The van der Waals surface area contributed by atoms with Crippen LogP contribution in [0.15, 0.2) is 67.1 Å². The summed E-state index contributed by atoms with van der Waals surface area (Å²) in [6.45, 7) is 18.2. The van der Waals surface area contributed by atoms with E-state index in [4.69, 9.17) is 14.3 Å². The Bertz CT molecular complexity index is 1540. The first-order valence-corrected chi connectivity index (χ1v) is 18.0. The Hall–Kier alpha value is -3.82. The highest BCUT2D eigenvalue weighted by Crippen LogP contribution is 2.38. The fraction of sp³-hybridized carbons (Fsp3) is 0.412. The van der Waals surface area contributed by atoms with E-state index in [1.165, 1.54) is 0 Å². The molecule has 0 atom stereocenters. The molecule has 0 fully saturated rings. The number of hydrogen-bond donors (Lipinski definition) is 0. The number of carbonyl (C=O) groups is 1. The summed E-state index contributed by atoms with van der Waals surface area (Å²) in [5.41, 5.74) is 6.12. The van der Waals surface area contributed by atoms with Crippen LogP contribution in [0.1, 0.15) is 62.3 Å². The molecule has 0 unspecified atom stereocenters. The molecule has 0 bridgehead atoms. The third kappa shape index (κ3) is 6.73. The Kier molecular flexibility index (Phi) is 8.85. The van der Waals surface area contributed by atoms with Crippen molar-refractivity contribution < 1.29 is 14.0 Å². The minimum absolute atomic E-state index is 0.0226. The number of hydrogen-bond acceptors (Lipinski definition) is 6. The number of fused-ring (bicyclic) bond motifs is 1. The number of benzene rings is 1. The number of pyridine rings is 2. The molecule has 1 amide bonds. The van der Waals surface area contributed by atoms with E-state index in [2.05, 4.69) is 69.8 Å². The summed E-state index contributed by atoms with van der Waals surface area (Å²) in [7, 11) is -1.90. The van der Waals surface area contributed by atoms with Crippen LogP contribution in [0.3, 0.4) is 0 Å². The van der Waals surface area contributed by atoms with Crippen LogP contribution in [0, 0.1) is 0 Å². The molecule has 43 heavy (non-hydrogen) atoms. The molecule has 0 spiro atoms. The van der Waals surface area contributed by atoms with E-state index < -0.39 is 8.32 Å². The van der Waals surface area contributed by atoms with Crippen molar-refractivity contribution in [2.24, 2.45) is 0 Å². The minimum Gasteiger partial charge on any atom is -0.489 e. The van der Waals surface area contributed by atoms with Gasteiger partial charge in [0.1, 0.15) is 23.7 Å². The predicted molar refractivity (Wildman–Crippen MR) is 173 cm³/mol. The average molecular weight is 598 g/mol. The predicted octanol–water partition coefficient (Wildman–Crippen LogP) is 7.19. The lowest BCUT2D eigenvalue weighted by Crippen LogP contribution is -2.46. The third-order valence-electron chi connectivity index (χ3n) is 8.60. The van der Waals surface area contributed by atoms with Crippen LogP contribution in [0.25, 0.3) is 22.4 Å². The highest BCUT2D eigenvalue weighted by atomic mass is 28.4. The Morgan fingerprint density at radius 2 is 1.67 bits per heavy atom. The van der Waals surface area contributed by atoms with Crippen LogP contribution in [-0.4, -0.2) is 58.6 Å². The van der Waals surface area contributed by atoms with Gasteiger partial charge in [0, 0.05) is 54.1 Å². The Labute approximate surface area is 256 Å². The van der Waals surface area contributed by atoms with Gasteiger partial charge in [0.2, 0.25) is 0 Å². The van der Waals surface area contributed by atoms with E-state index in [0.717, 1.165) is 39.4 Å². The largest absolute Gasteiger partial charge is 0.489 e. The Balaban J connectivity index is 1.38. The van der Waals surface area contributed by atoms with Crippen molar-refractivity contribution in [3.8, 4) is 28.1 Å². The SMILES string of the molecule is CC(C)c1ccc(COc2ccc(-c3c(-c4ccncc4)nn4c3C(=O)N(CCO[Si](C)(C)C(C)(C)C)CC4)cc2)cn1. The van der Waals surface area contributed by atoms with E-state index in [1.807, 2.05) is 52.2 Å². The summed E-state index contributed by atoms with van der Waals surface area (Å²) in [6.07, 6.45) is 5.38. The zero-order valence-electron chi connectivity index (χ0n) is 26.4. The summed E-state index contributed by atoms with van der Waals surface area (Å²) in [6, 6.07) is 15.9. The van der Waals surface area contributed by atoms with Gasteiger partial charge in [-0.25, -0.2) is 0 Å². The van der Waals surface area contributed by atoms with Crippen LogP contribution in [-0.2, 0) is 17.6 Å². The van der Waals surface area contributed by atoms with E-state index in [1.54, 1.807) is 12.4 Å².